The van der Waals surface area contributed by atoms with Gasteiger partial charge in [0.05, 0.1) is 5.41 Å². The lowest BCUT2D eigenvalue weighted by molar-refractivity contribution is 0.773. The normalized spacial score (nSPS) is 16.7. The van der Waals surface area contributed by atoms with E-state index in [1.807, 2.05) is 0 Å². The molecule has 0 heterocycles. The summed E-state index contributed by atoms with van der Waals surface area (Å²) in [7, 11) is 0. The van der Waals surface area contributed by atoms with E-state index in [2.05, 4.69) is 99.6 Å². The molecule has 3 aromatic rings. The fourth-order valence-corrected chi connectivity index (χ4v) is 5.22. The van der Waals surface area contributed by atoms with Crippen molar-refractivity contribution in [1.82, 2.24) is 0 Å². The van der Waals surface area contributed by atoms with Crippen molar-refractivity contribution in [2.45, 2.75) is 26.2 Å². The number of hydrogen-bond acceptors (Lipinski definition) is 0. The average Bonchev–Trinajstić information content (AvgIpc) is 3.14. The van der Waals surface area contributed by atoms with Crippen molar-refractivity contribution in [1.29, 1.82) is 0 Å². The van der Waals surface area contributed by atoms with Gasteiger partial charge < -0.3 is 0 Å². The molecule has 3 aromatic carbocycles. The van der Waals surface area contributed by atoms with E-state index in [1.54, 1.807) is 0 Å². The summed E-state index contributed by atoms with van der Waals surface area (Å²) in [5, 5.41) is 0. The molecule has 0 aromatic heterocycles. The predicted octanol–water partition coefficient (Wildman–Crippen LogP) is 6.75. The molecule has 126 valence electrons. The first kappa shape index (κ1) is 15.4. The summed E-state index contributed by atoms with van der Waals surface area (Å²) in [5.41, 5.74) is 12.4. The molecule has 0 unspecified atom stereocenters. The van der Waals surface area contributed by atoms with Crippen LogP contribution in [0.3, 0.4) is 0 Å². The number of fused-ring (bicyclic) bond motifs is 7. The lowest BCUT2D eigenvalue weighted by Crippen LogP contribution is -2.28. The van der Waals surface area contributed by atoms with Crippen molar-refractivity contribution in [2.24, 2.45) is 0 Å². The quantitative estimate of drug-likeness (QED) is 0.461. The van der Waals surface area contributed by atoms with Crippen LogP contribution in [0.4, 0.5) is 0 Å². The van der Waals surface area contributed by atoms with Crippen LogP contribution in [-0.4, -0.2) is 0 Å². The summed E-state index contributed by atoms with van der Waals surface area (Å²) in [6.07, 6.45) is 2.26. The molecule has 2 aliphatic rings. The van der Waals surface area contributed by atoms with E-state index < -0.39 is 0 Å². The topological polar surface area (TPSA) is 0 Å². The molecule has 0 heteroatoms. The lowest BCUT2D eigenvalue weighted by atomic mass is 9.68. The maximum atomic E-state index is 2.33. The molecule has 0 atom stereocenters. The summed E-state index contributed by atoms with van der Waals surface area (Å²) in [6.45, 7) is 6.70. The van der Waals surface area contributed by atoms with Crippen LogP contribution in [-0.2, 0) is 5.41 Å². The molecule has 5 rings (SSSR count). The van der Waals surface area contributed by atoms with Gasteiger partial charge in [-0.3, -0.25) is 0 Å². The second-order valence-electron chi connectivity index (χ2n) is 7.36. The molecule has 0 saturated carbocycles. The van der Waals surface area contributed by atoms with Gasteiger partial charge in [-0.25, -0.2) is 0 Å². The molecule has 0 nitrogen and oxygen atoms in total. The van der Waals surface area contributed by atoms with Gasteiger partial charge in [0.1, 0.15) is 0 Å². The molecule has 0 fully saturated rings. The van der Waals surface area contributed by atoms with Gasteiger partial charge in [-0.1, -0.05) is 84.4 Å². The number of hydrogen-bond donors (Lipinski definition) is 0. The van der Waals surface area contributed by atoms with Gasteiger partial charge >= 0.3 is 0 Å². The Hall–Kier alpha value is -2.86. The van der Waals surface area contributed by atoms with Crippen LogP contribution in [0.1, 0.15) is 43.0 Å². The predicted molar refractivity (Wildman–Crippen MR) is 110 cm³/mol. The first-order chi connectivity index (χ1) is 12.7. The largest absolute Gasteiger partial charge is 0.0844 e. The summed E-state index contributed by atoms with van der Waals surface area (Å²) in [5.74, 6) is 0. The fraction of sp³-hybridized carbons (Fsp3) is 0.154. The van der Waals surface area contributed by atoms with E-state index in [-0.39, 0.29) is 5.41 Å². The van der Waals surface area contributed by atoms with Crippen LogP contribution in [0, 0.1) is 0 Å². The summed E-state index contributed by atoms with van der Waals surface area (Å²) in [4.78, 5) is 0. The number of allylic oxidation sites excluding steroid dienone is 4. The van der Waals surface area contributed by atoms with Crippen LogP contribution >= 0.6 is 0 Å². The molecule has 1 spiro atoms. The Kier molecular flexibility index (Phi) is 3.15. The van der Waals surface area contributed by atoms with Crippen LogP contribution in [0.2, 0.25) is 0 Å². The SMILES string of the molecule is C/C=C(/C)C1=C(C)c2ccccc2C12c1ccccc1-c1ccccc12. The van der Waals surface area contributed by atoms with E-state index >= 15 is 0 Å². The van der Waals surface area contributed by atoms with Gasteiger partial charge in [0.2, 0.25) is 0 Å². The minimum Gasteiger partial charge on any atom is -0.0844 e. The highest BCUT2D eigenvalue weighted by molar-refractivity contribution is 5.95. The minimum atomic E-state index is -0.190. The van der Waals surface area contributed by atoms with Crippen LogP contribution in [0.25, 0.3) is 16.7 Å². The molecule has 0 bridgehead atoms. The van der Waals surface area contributed by atoms with Crippen LogP contribution in [0.15, 0.2) is 90.0 Å². The van der Waals surface area contributed by atoms with Crippen LogP contribution in [0.5, 0.6) is 0 Å². The molecular weight excluding hydrogens is 312 g/mol. The van der Waals surface area contributed by atoms with Gasteiger partial charge in [0, 0.05) is 0 Å². The number of benzene rings is 3. The molecular formula is C26H22. The van der Waals surface area contributed by atoms with E-state index in [0.717, 1.165) is 0 Å². The van der Waals surface area contributed by atoms with Crippen molar-refractivity contribution in [2.75, 3.05) is 0 Å². The highest BCUT2D eigenvalue weighted by Crippen LogP contribution is 2.62. The van der Waals surface area contributed by atoms with E-state index in [1.165, 1.54) is 50.1 Å². The van der Waals surface area contributed by atoms with Gasteiger partial charge in [-0.15, -0.1) is 0 Å². The number of rotatable bonds is 1. The van der Waals surface area contributed by atoms with Gasteiger partial charge in [0.25, 0.3) is 0 Å². The van der Waals surface area contributed by atoms with Gasteiger partial charge in [-0.2, -0.15) is 0 Å². The Morgan fingerprint density at radius 1 is 0.692 bits per heavy atom. The molecule has 0 radical (unpaired) electrons. The van der Waals surface area contributed by atoms with Crippen molar-refractivity contribution >= 4 is 5.57 Å². The highest BCUT2D eigenvalue weighted by atomic mass is 14.5. The second kappa shape index (κ2) is 5.32. The van der Waals surface area contributed by atoms with Crippen LogP contribution < -0.4 is 0 Å². The zero-order valence-corrected chi connectivity index (χ0v) is 15.5. The van der Waals surface area contributed by atoms with Crippen molar-refractivity contribution in [3.63, 3.8) is 0 Å². The average molecular weight is 334 g/mol. The molecule has 0 aliphatic heterocycles. The maximum Gasteiger partial charge on any atom is 0.0724 e. The Balaban J connectivity index is 2.03. The molecule has 0 amide bonds. The minimum absolute atomic E-state index is 0.190. The van der Waals surface area contributed by atoms with E-state index in [0.29, 0.717) is 0 Å². The summed E-state index contributed by atoms with van der Waals surface area (Å²) in [6, 6.07) is 26.9. The fourth-order valence-electron chi connectivity index (χ4n) is 5.22. The van der Waals surface area contributed by atoms with Gasteiger partial charge in [0.15, 0.2) is 0 Å². The first-order valence-electron chi connectivity index (χ1n) is 9.35. The Morgan fingerprint density at radius 3 is 1.62 bits per heavy atom. The zero-order valence-electron chi connectivity index (χ0n) is 15.5. The van der Waals surface area contributed by atoms with E-state index in [9.17, 15) is 0 Å². The van der Waals surface area contributed by atoms with Crippen molar-refractivity contribution in [3.05, 3.63) is 112 Å². The molecule has 26 heavy (non-hydrogen) atoms. The summed E-state index contributed by atoms with van der Waals surface area (Å²) < 4.78 is 0. The molecule has 0 saturated heterocycles. The first-order valence-corrected chi connectivity index (χ1v) is 9.35. The van der Waals surface area contributed by atoms with Gasteiger partial charge in [-0.05, 0) is 65.3 Å². The van der Waals surface area contributed by atoms with E-state index in [4.69, 9.17) is 0 Å². The third-order valence-electron chi connectivity index (χ3n) is 6.26. The molecule has 0 N–H and O–H groups in total. The Bertz CT molecular complexity index is 1060. The third-order valence-corrected chi connectivity index (χ3v) is 6.26. The maximum absolute atomic E-state index is 2.33. The van der Waals surface area contributed by atoms with Crippen molar-refractivity contribution < 1.29 is 0 Å². The highest BCUT2D eigenvalue weighted by Gasteiger charge is 2.52. The third kappa shape index (κ3) is 1.65. The zero-order chi connectivity index (χ0) is 17.9. The second-order valence-corrected chi connectivity index (χ2v) is 7.36. The molecule has 2 aliphatic carbocycles. The Labute approximate surface area is 155 Å². The smallest absolute Gasteiger partial charge is 0.0724 e. The lowest BCUT2D eigenvalue weighted by Gasteiger charge is -2.33. The standard InChI is InChI=1S/C26H22/c1-4-17(2)25-18(3)19-11-5-8-14-22(19)26(25)23-15-9-6-12-20(23)21-13-7-10-16-24(21)26/h4-16H,1-3H3/b17-4-. The summed E-state index contributed by atoms with van der Waals surface area (Å²) >= 11 is 0. The van der Waals surface area contributed by atoms with Crippen molar-refractivity contribution in [3.8, 4) is 11.1 Å². The Morgan fingerprint density at radius 2 is 1.12 bits per heavy atom. The monoisotopic (exact) mass is 334 g/mol.